The van der Waals surface area contributed by atoms with Crippen LogP contribution in [-0.4, -0.2) is 30.0 Å². The van der Waals surface area contributed by atoms with Gasteiger partial charge in [-0.1, -0.05) is 0 Å². The second kappa shape index (κ2) is 15.2. The van der Waals surface area contributed by atoms with Crippen molar-refractivity contribution in [3.8, 4) is 0 Å². The number of pyridine rings is 1. The Morgan fingerprint density at radius 1 is 1.29 bits per heavy atom. The summed E-state index contributed by atoms with van der Waals surface area (Å²) in [5.41, 5.74) is 19.3. The smallest absolute Gasteiger partial charge is 0.171 e. The van der Waals surface area contributed by atoms with Crippen LogP contribution in [-0.2, 0) is 20.9 Å². The normalized spacial score (nSPS) is 20.6. The molecular weight excluding hydrogens is 600 g/mol. The van der Waals surface area contributed by atoms with E-state index in [1.807, 2.05) is 12.1 Å². The van der Waals surface area contributed by atoms with Crippen LogP contribution >= 0.6 is 19.4 Å². The number of carbonyl (C=O) groups excluding carboxylic acids is 1. The molecule has 141 valence electrons. The third-order valence-electron chi connectivity index (χ3n) is 3.96. The molecule has 1 aromatic rings. The Balaban J connectivity index is 0.000000773. The van der Waals surface area contributed by atoms with Gasteiger partial charge in [-0.3, -0.25) is 9.78 Å². The number of anilines is 1. The third-order valence-corrected chi connectivity index (χ3v) is 3.96. The van der Waals surface area contributed by atoms with Crippen molar-refractivity contribution in [2.75, 3.05) is 18.4 Å². The number of nitrogens with one attached hydrogen (secondary N) is 3. The molecule has 0 aliphatic heterocycles. The minimum Gasteiger partial charge on any atom is -0.679 e. The number of carbonyl (C=O) groups is 1. The molecule has 0 unspecified atom stereocenters. The van der Waals surface area contributed by atoms with Gasteiger partial charge in [0.15, 0.2) is 0 Å². The number of halogens is 1. The molecule has 1 amide bonds. The monoisotopic (exact) mass is 627 g/mol. The van der Waals surface area contributed by atoms with E-state index in [-0.39, 0.29) is 31.0 Å². The topological polar surface area (TPSA) is 116 Å². The fourth-order valence-electron chi connectivity index (χ4n) is 2.59. The van der Waals surface area contributed by atoms with Gasteiger partial charge in [-0.2, -0.15) is 13.1 Å². The van der Waals surface area contributed by atoms with Gasteiger partial charge >= 0.3 is 35.5 Å². The molecule has 24 heavy (non-hydrogen) atoms. The van der Waals surface area contributed by atoms with E-state index in [1.165, 1.54) is 0 Å². The minimum absolute atomic E-state index is 0.129. The number of amides is 1. The Morgan fingerprint density at radius 3 is 2.21 bits per heavy atom. The molecule has 0 aromatic carbocycles. The molecule has 0 saturated heterocycles. The van der Waals surface area contributed by atoms with Gasteiger partial charge in [-0.15, -0.1) is 0 Å². The van der Waals surface area contributed by atoms with E-state index in [1.54, 1.807) is 12.4 Å². The minimum atomic E-state index is 0.129. The van der Waals surface area contributed by atoms with E-state index in [2.05, 4.69) is 52.7 Å². The Hall–Kier alpha value is -0.0817. The molecule has 6 nitrogen and oxygen atoms in total. The van der Waals surface area contributed by atoms with Crippen LogP contribution < -0.4 is 11.1 Å². The number of hydrogen-bond acceptors (Lipinski definition) is 3. The van der Waals surface area contributed by atoms with Crippen LogP contribution in [0.1, 0.15) is 32.6 Å². The van der Waals surface area contributed by atoms with Crippen molar-refractivity contribution in [2.45, 2.75) is 38.6 Å². The van der Waals surface area contributed by atoms with Crippen LogP contribution in [0.4, 0.5) is 5.69 Å². The summed E-state index contributed by atoms with van der Waals surface area (Å²) in [5, 5.41) is 2.95. The summed E-state index contributed by atoms with van der Waals surface area (Å²) in [6.07, 6.45) is 7.38. The summed E-state index contributed by atoms with van der Waals surface area (Å²) < 4.78 is 0. The largest absolute Gasteiger partial charge is 0.679 e. The van der Waals surface area contributed by atoms with E-state index in [0.717, 1.165) is 31.4 Å². The van der Waals surface area contributed by atoms with E-state index in [9.17, 15) is 4.79 Å². The van der Waals surface area contributed by atoms with Crippen molar-refractivity contribution < 1.29 is 20.9 Å². The molecule has 0 radical (unpaired) electrons. The first-order chi connectivity index (χ1) is 11.6. The van der Waals surface area contributed by atoms with Crippen LogP contribution in [0.15, 0.2) is 24.5 Å². The summed E-state index contributed by atoms with van der Waals surface area (Å²) in [6, 6.07) is 3.87. The molecule has 1 aliphatic rings. The maximum absolute atomic E-state index is 12.1. The second-order valence-electron chi connectivity index (χ2n) is 5.70. The van der Waals surface area contributed by atoms with E-state index >= 15 is 0 Å². The van der Waals surface area contributed by atoms with Gasteiger partial charge in [-0.25, -0.2) is 0 Å². The first kappa shape index (κ1) is 23.9. The van der Waals surface area contributed by atoms with E-state index < -0.39 is 0 Å². The average Bonchev–Trinajstić information content (AvgIpc) is 2.64. The molecule has 1 aromatic heterocycles. The van der Waals surface area contributed by atoms with Crippen LogP contribution in [0, 0.1) is 11.8 Å². The number of rotatable bonds is 4. The molecular formula is C16H27IN5OPt-2. The van der Waals surface area contributed by atoms with Gasteiger partial charge in [-0.05, 0) is 50.7 Å². The van der Waals surface area contributed by atoms with Gasteiger partial charge in [0.05, 0.1) is 0 Å². The molecule has 0 spiro atoms. The molecule has 1 saturated carbocycles. The summed E-state index contributed by atoms with van der Waals surface area (Å²) in [6.45, 7) is 2.53. The molecule has 8 heteroatoms. The van der Waals surface area contributed by atoms with Crippen LogP contribution in [0.3, 0.4) is 0 Å². The fourth-order valence-corrected chi connectivity index (χ4v) is 2.59. The van der Waals surface area contributed by atoms with Gasteiger partial charge in [0.2, 0.25) is 5.91 Å². The van der Waals surface area contributed by atoms with Crippen LogP contribution in [0.5, 0.6) is 0 Å². The molecule has 5 N–H and O–H groups in total. The summed E-state index contributed by atoms with van der Waals surface area (Å²) in [4.78, 5) is 16.0. The van der Waals surface area contributed by atoms with Gasteiger partial charge in [0.25, 0.3) is 0 Å². The first-order valence-electron chi connectivity index (χ1n) is 7.96. The third kappa shape index (κ3) is 10.0. The van der Waals surface area contributed by atoms with Crippen molar-refractivity contribution in [2.24, 2.45) is 17.6 Å². The van der Waals surface area contributed by atoms with Crippen molar-refractivity contribution in [1.29, 1.82) is 0 Å². The second-order valence-corrected chi connectivity index (χ2v) is 5.70. The van der Waals surface area contributed by atoms with Crippen molar-refractivity contribution in [3.63, 3.8) is 0 Å². The van der Waals surface area contributed by atoms with Gasteiger partial charge in [0.1, 0.15) is 0 Å². The van der Waals surface area contributed by atoms with Gasteiger partial charge < -0.3 is 22.5 Å². The number of hydrogen-bond donors (Lipinski definition) is 2. The molecule has 1 atom stereocenters. The molecule has 1 fully saturated rings. The number of aromatic nitrogens is 1. The SMILES string of the molecule is C[C@@H](N)C1CCC(C(=O)Nc2ccncc2)CC1.[I][Pt].[NH-]CC[NH-]. The Kier molecular flexibility index (Phi) is 15.1. The molecule has 2 rings (SSSR count). The molecule has 1 heterocycles. The van der Waals surface area contributed by atoms with E-state index in [0.29, 0.717) is 5.92 Å². The molecule has 0 bridgehead atoms. The Bertz CT molecular complexity index is 426. The predicted molar refractivity (Wildman–Crippen MR) is 104 cm³/mol. The number of nitrogens with two attached hydrogens (primary N) is 1. The van der Waals surface area contributed by atoms with Crippen molar-refractivity contribution >= 4 is 30.9 Å². The van der Waals surface area contributed by atoms with E-state index in [4.69, 9.17) is 17.2 Å². The number of nitrogens with zero attached hydrogens (tertiary/aromatic N) is 1. The predicted octanol–water partition coefficient (Wildman–Crippen LogP) is 4.15. The Morgan fingerprint density at radius 2 is 1.79 bits per heavy atom. The van der Waals surface area contributed by atoms with Gasteiger partial charge in [0, 0.05) is 30.0 Å². The van der Waals surface area contributed by atoms with Crippen molar-refractivity contribution in [1.82, 2.24) is 4.98 Å². The Labute approximate surface area is 166 Å². The first-order valence-corrected chi connectivity index (χ1v) is 14.4. The van der Waals surface area contributed by atoms with Crippen molar-refractivity contribution in [3.05, 3.63) is 36.0 Å². The zero-order valence-corrected chi connectivity index (χ0v) is 18.3. The maximum Gasteiger partial charge on any atom is -0.171 e. The zero-order valence-electron chi connectivity index (χ0n) is 13.9. The summed E-state index contributed by atoms with van der Waals surface area (Å²) >= 11 is 4.23. The summed E-state index contributed by atoms with van der Waals surface area (Å²) in [7, 11) is 0. The fraction of sp³-hybridized carbons (Fsp3) is 0.625. The zero-order chi connectivity index (χ0) is 18.4. The maximum atomic E-state index is 12.1. The average molecular weight is 627 g/mol. The van der Waals surface area contributed by atoms with Crippen LogP contribution in [0.25, 0.3) is 11.5 Å². The summed E-state index contributed by atoms with van der Waals surface area (Å²) in [5.74, 6) is 0.840. The standard InChI is InChI=1S/C14H21N3O.C2H6N2.HI.Pt/c1-10(15)11-2-4-12(5-3-11)14(18)17-13-6-8-16-9-7-13;3-1-2-4;;/h6-12H,2-5,15H2,1H3,(H,16,17,18);3-4H,1-2H2;1H;/q;-2;;+1/p-1/t10-,11?,12?;;;/m1.../s1. The van der Waals surface area contributed by atoms with Crippen LogP contribution in [0.2, 0.25) is 0 Å². The quantitative estimate of drug-likeness (QED) is 0.489. The molecule has 1 aliphatic carbocycles.